The first-order valence-corrected chi connectivity index (χ1v) is 20.8. The molecule has 2 aliphatic rings. The molecule has 0 N–H and O–H groups in total. The molecule has 0 radical (unpaired) electrons. The highest BCUT2D eigenvalue weighted by Crippen LogP contribution is 2.37. The van der Waals surface area contributed by atoms with Crippen molar-refractivity contribution in [3.63, 3.8) is 0 Å². The van der Waals surface area contributed by atoms with Crippen molar-refractivity contribution in [3.8, 4) is 28.4 Å². The lowest BCUT2D eigenvalue weighted by Gasteiger charge is -2.43. The molecule has 24 nitrogen and oxygen atoms in total. The van der Waals surface area contributed by atoms with Gasteiger partial charge in [0.15, 0.2) is 24.4 Å². The summed E-state index contributed by atoms with van der Waals surface area (Å²) in [6.45, 7) is 8.64. The summed E-state index contributed by atoms with van der Waals surface area (Å²) >= 11 is 0. The zero-order valence-corrected chi connectivity index (χ0v) is 38.5. The monoisotopic (exact) mass is 972 g/mol. The summed E-state index contributed by atoms with van der Waals surface area (Å²) in [6, 6.07) is 7.78. The maximum absolute atomic E-state index is 14.1. The van der Waals surface area contributed by atoms with Crippen LogP contribution in [-0.2, 0) is 90.5 Å². The second-order valence-corrected chi connectivity index (χ2v) is 15.3. The highest BCUT2D eigenvalue weighted by Gasteiger charge is 2.55. The number of hydrogen-bond donors (Lipinski definition) is 0. The van der Waals surface area contributed by atoms with E-state index in [1.54, 1.807) is 0 Å². The Morgan fingerprint density at radius 1 is 0.464 bits per heavy atom. The Morgan fingerprint density at radius 2 is 0.870 bits per heavy atom. The Labute approximate surface area is 391 Å². The number of carbonyl (C=O) groups excluding carboxylic acids is 9. The third-order valence-corrected chi connectivity index (χ3v) is 9.64. The van der Waals surface area contributed by atoms with Gasteiger partial charge in [-0.1, -0.05) is 0 Å². The van der Waals surface area contributed by atoms with Gasteiger partial charge in [0.05, 0.1) is 10.9 Å². The third-order valence-electron chi connectivity index (χ3n) is 9.64. The fraction of sp³-hybridized carbons (Fsp3) is 0.467. The normalized spacial score (nSPS) is 24.0. The first-order chi connectivity index (χ1) is 32.5. The van der Waals surface area contributed by atoms with E-state index in [0.29, 0.717) is 0 Å². The molecule has 2 aromatic carbocycles. The molecule has 3 heterocycles. The van der Waals surface area contributed by atoms with Gasteiger partial charge in [0.1, 0.15) is 54.5 Å². The van der Waals surface area contributed by atoms with Crippen molar-refractivity contribution in [1.29, 1.82) is 0 Å². The molecule has 2 saturated heterocycles. The predicted octanol–water partition coefficient (Wildman–Crippen LogP) is 2.31. The Kier molecular flexibility index (Phi) is 17.4. The molecule has 0 aliphatic carbocycles. The quantitative estimate of drug-likeness (QED) is 0.113. The summed E-state index contributed by atoms with van der Waals surface area (Å²) in [4.78, 5) is 124. The highest BCUT2D eigenvalue weighted by molar-refractivity contribution is 5.85. The third kappa shape index (κ3) is 14.0. The topological polar surface area (TPSA) is 304 Å². The van der Waals surface area contributed by atoms with Gasteiger partial charge in [0, 0.05) is 80.0 Å². The van der Waals surface area contributed by atoms with E-state index in [4.69, 9.17) is 66.0 Å². The molecule has 2 aliphatic heterocycles. The van der Waals surface area contributed by atoms with Crippen LogP contribution in [0, 0.1) is 0 Å². The molecule has 0 amide bonds. The van der Waals surface area contributed by atoms with E-state index in [-0.39, 0.29) is 39.3 Å². The maximum Gasteiger partial charge on any atom is 0.308 e. The molecule has 24 heteroatoms. The van der Waals surface area contributed by atoms with Crippen molar-refractivity contribution in [2.75, 3.05) is 13.2 Å². The van der Waals surface area contributed by atoms with E-state index in [1.807, 2.05) is 0 Å². The molecule has 372 valence electrons. The van der Waals surface area contributed by atoms with Gasteiger partial charge in [-0.2, -0.15) is 0 Å². The molecule has 0 bridgehead atoms. The van der Waals surface area contributed by atoms with Crippen LogP contribution in [0.3, 0.4) is 0 Å². The van der Waals surface area contributed by atoms with E-state index >= 15 is 0 Å². The van der Waals surface area contributed by atoms with E-state index in [1.165, 1.54) is 36.4 Å². The lowest BCUT2D eigenvalue weighted by molar-refractivity contribution is -0.288. The lowest BCUT2D eigenvalue weighted by Crippen LogP contribution is -2.63. The molecule has 0 unspecified atom stereocenters. The molecule has 0 spiro atoms. The molecule has 3 aromatic rings. The first kappa shape index (κ1) is 52.4. The van der Waals surface area contributed by atoms with Crippen LogP contribution >= 0.6 is 0 Å². The van der Waals surface area contributed by atoms with Gasteiger partial charge in [-0.3, -0.25) is 47.9 Å². The summed E-state index contributed by atoms with van der Waals surface area (Å²) < 4.78 is 78.3. The Morgan fingerprint density at radius 3 is 1.29 bits per heavy atom. The summed E-state index contributed by atoms with van der Waals surface area (Å²) in [6.07, 6.45) is -14.0. The molecular weight excluding hydrogens is 924 g/mol. The van der Waals surface area contributed by atoms with Gasteiger partial charge in [-0.25, -0.2) is 0 Å². The number of ether oxygens (including phenoxy) is 13. The number of carbonyl (C=O) groups is 9. The molecule has 2 fully saturated rings. The van der Waals surface area contributed by atoms with Crippen LogP contribution in [0.1, 0.15) is 62.3 Å². The van der Waals surface area contributed by atoms with E-state index in [9.17, 15) is 47.9 Å². The van der Waals surface area contributed by atoms with Gasteiger partial charge in [-0.05, 0) is 24.3 Å². The minimum Gasteiger partial charge on any atom is -0.463 e. The number of rotatable bonds is 16. The van der Waals surface area contributed by atoms with Crippen LogP contribution in [0.5, 0.6) is 17.2 Å². The maximum atomic E-state index is 14.1. The highest BCUT2D eigenvalue weighted by atomic mass is 16.7. The summed E-state index contributed by atoms with van der Waals surface area (Å²) in [5.74, 6) is -7.82. The molecule has 10 atom stereocenters. The number of fused-ring (bicyclic) bond motifs is 1. The van der Waals surface area contributed by atoms with Crippen molar-refractivity contribution >= 4 is 64.7 Å². The number of hydrogen-bond acceptors (Lipinski definition) is 24. The first-order valence-electron chi connectivity index (χ1n) is 20.8. The number of esters is 9. The smallest absolute Gasteiger partial charge is 0.308 e. The SMILES string of the molecule is CC(=O)OC[C@H]1O[C@@H](Oc2ccc(-c3coc4cc(O[C@@H]5O[C@H](COC(C)=O)[C@@H](OC(C)=O)[C@H](OC(C)=O)[C@H]5OC(C)=O)ccc4c3=O)c(OC(C)=O)c2)[C@H](OC(C)=O)[C@@H](OC(C)=O)[C@@H]1OC(C)=O. The summed E-state index contributed by atoms with van der Waals surface area (Å²) in [7, 11) is 0. The fourth-order valence-electron chi connectivity index (χ4n) is 7.24. The van der Waals surface area contributed by atoms with Crippen molar-refractivity contribution in [2.24, 2.45) is 0 Å². The van der Waals surface area contributed by atoms with Gasteiger partial charge < -0.3 is 66.0 Å². The Balaban J connectivity index is 1.50. The predicted molar refractivity (Wildman–Crippen MR) is 224 cm³/mol. The average Bonchev–Trinajstić information content (AvgIpc) is 3.23. The largest absolute Gasteiger partial charge is 0.463 e. The zero-order chi connectivity index (χ0) is 50.9. The van der Waals surface area contributed by atoms with E-state index in [0.717, 1.165) is 68.6 Å². The summed E-state index contributed by atoms with van der Waals surface area (Å²) in [5.41, 5.74) is -0.792. The average molecular weight is 973 g/mol. The van der Waals surface area contributed by atoms with Gasteiger partial charge in [-0.15, -0.1) is 0 Å². The molecule has 69 heavy (non-hydrogen) atoms. The van der Waals surface area contributed by atoms with Crippen LogP contribution in [-0.4, -0.2) is 128 Å². The van der Waals surface area contributed by atoms with Crippen molar-refractivity contribution in [3.05, 3.63) is 52.9 Å². The van der Waals surface area contributed by atoms with Gasteiger partial charge in [0.25, 0.3) is 0 Å². The second kappa shape index (κ2) is 22.9. The summed E-state index contributed by atoms with van der Waals surface area (Å²) in [5, 5.41) is -0.0204. The van der Waals surface area contributed by atoms with Crippen molar-refractivity contribution in [1.82, 2.24) is 0 Å². The van der Waals surface area contributed by atoms with Crippen LogP contribution in [0.15, 0.2) is 51.9 Å². The number of benzene rings is 2. The van der Waals surface area contributed by atoms with Crippen LogP contribution in [0.25, 0.3) is 22.1 Å². The lowest BCUT2D eigenvalue weighted by atomic mass is 9.98. The molecular formula is C45H48O24. The van der Waals surface area contributed by atoms with Crippen LogP contribution in [0.2, 0.25) is 0 Å². The molecule has 1 aromatic heterocycles. The molecule has 0 saturated carbocycles. The van der Waals surface area contributed by atoms with Crippen LogP contribution < -0.4 is 19.6 Å². The van der Waals surface area contributed by atoms with Gasteiger partial charge >= 0.3 is 53.7 Å². The minimum atomic E-state index is -1.66. The molecule has 5 rings (SSSR count). The second-order valence-electron chi connectivity index (χ2n) is 15.3. The van der Waals surface area contributed by atoms with Crippen LogP contribution in [0.4, 0.5) is 0 Å². The standard InChI is InChI=1S/C45H48O24/c1-19(46)56-17-35-38(60-22(4)49)40(62-24(6)51)42(64-26(8)53)44(68-35)66-28-11-13-31-33(14-28)58-16-32(37(31)55)30-12-10-29(15-34(30)59-21(3)48)67-45-43(65-27(9)54)41(63-25(7)52)39(61-23(5)50)36(69-45)18-57-20(2)47/h10-16,35-36,38-45H,17-18H2,1-9H3/t35-,36-,38-,39-,40+,41+,42-,43-,44-,45-/m1/s1. The Bertz CT molecular complexity index is 2530. The van der Waals surface area contributed by atoms with Gasteiger partial charge in [0.2, 0.25) is 30.2 Å². The van der Waals surface area contributed by atoms with Crippen molar-refractivity contribution < 1.29 is 109 Å². The van der Waals surface area contributed by atoms with E-state index in [2.05, 4.69) is 0 Å². The Hall–Kier alpha value is -7.60. The fourth-order valence-corrected chi connectivity index (χ4v) is 7.24. The minimum absolute atomic E-state index is 0.0204. The van der Waals surface area contributed by atoms with Crippen molar-refractivity contribution in [2.45, 2.75) is 124 Å². The zero-order valence-electron chi connectivity index (χ0n) is 38.5. The van der Waals surface area contributed by atoms with E-state index < -0.39 is 134 Å².